The van der Waals surface area contributed by atoms with Crippen LogP contribution in [0.3, 0.4) is 0 Å². The lowest BCUT2D eigenvalue weighted by Crippen LogP contribution is -2.15. The average Bonchev–Trinajstić information content (AvgIpc) is 2.34. The zero-order valence-electron chi connectivity index (χ0n) is 9.68. The van der Waals surface area contributed by atoms with Gasteiger partial charge in [0.2, 0.25) is 0 Å². The SMILES string of the molecule is COC(=O)C(C)CSCCc1cccnc1. The first-order valence-electron chi connectivity index (χ1n) is 5.28. The molecule has 88 valence electrons. The van der Waals surface area contributed by atoms with Crippen LogP contribution in [-0.4, -0.2) is 29.6 Å². The number of aromatic nitrogens is 1. The molecule has 1 aromatic heterocycles. The summed E-state index contributed by atoms with van der Waals surface area (Å²) in [5.41, 5.74) is 1.24. The molecule has 1 rings (SSSR count). The van der Waals surface area contributed by atoms with Crippen LogP contribution in [0.4, 0.5) is 0 Å². The maximum Gasteiger partial charge on any atom is 0.309 e. The number of pyridine rings is 1. The number of methoxy groups -OCH3 is 1. The first kappa shape index (κ1) is 13.0. The first-order valence-corrected chi connectivity index (χ1v) is 6.44. The van der Waals surface area contributed by atoms with Crippen molar-refractivity contribution in [1.29, 1.82) is 0 Å². The predicted molar refractivity (Wildman–Crippen MR) is 66.4 cm³/mol. The van der Waals surface area contributed by atoms with Crippen molar-refractivity contribution in [3.8, 4) is 0 Å². The number of thioether (sulfide) groups is 1. The van der Waals surface area contributed by atoms with Gasteiger partial charge in [-0.3, -0.25) is 9.78 Å². The molecule has 0 radical (unpaired) electrons. The molecule has 0 aromatic carbocycles. The zero-order valence-corrected chi connectivity index (χ0v) is 10.5. The lowest BCUT2D eigenvalue weighted by atomic mass is 10.2. The van der Waals surface area contributed by atoms with E-state index in [9.17, 15) is 4.79 Å². The molecule has 1 atom stereocenters. The van der Waals surface area contributed by atoms with Crippen molar-refractivity contribution in [3.63, 3.8) is 0 Å². The van der Waals surface area contributed by atoms with E-state index in [1.807, 2.05) is 19.2 Å². The molecule has 1 unspecified atom stereocenters. The van der Waals surface area contributed by atoms with Crippen LogP contribution in [0.1, 0.15) is 12.5 Å². The highest BCUT2D eigenvalue weighted by Gasteiger charge is 2.12. The second-order valence-corrected chi connectivity index (χ2v) is 4.76. The van der Waals surface area contributed by atoms with Crippen LogP contribution in [0, 0.1) is 5.92 Å². The third-order valence-corrected chi connectivity index (χ3v) is 3.46. The molecule has 1 aromatic rings. The van der Waals surface area contributed by atoms with E-state index in [1.165, 1.54) is 12.7 Å². The number of ether oxygens (including phenoxy) is 1. The van der Waals surface area contributed by atoms with E-state index in [4.69, 9.17) is 0 Å². The van der Waals surface area contributed by atoms with Crippen LogP contribution >= 0.6 is 11.8 Å². The van der Waals surface area contributed by atoms with Crippen molar-refractivity contribution in [2.24, 2.45) is 5.92 Å². The fraction of sp³-hybridized carbons (Fsp3) is 0.500. The number of carbonyl (C=O) groups excluding carboxylic acids is 1. The van der Waals surface area contributed by atoms with Gasteiger partial charge in [0.25, 0.3) is 0 Å². The van der Waals surface area contributed by atoms with Gasteiger partial charge in [0.15, 0.2) is 0 Å². The summed E-state index contributed by atoms with van der Waals surface area (Å²) in [7, 11) is 1.43. The van der Waals surface area contributed by atoms with Crippen LogP contribution < -0.4 is 0 Å². The molecule has 1 heterocycles. The van der Waals surface area contributed by atoms with Gasteiger partial charge in [-0.25, -0.2) is 0 Å². The summed E-state index contributed by atoms with van der Waals surface area (Å²) in [5, 5.41) is 0. The van der Waals surface area contributed by atoms with Crippen LogP contribution in [0.2, 0.25) is 0 Å². The second kappa shape index (κ2) is 7.28. The summed E-state index contributed by atoms with van der Waals surface area (Å²) >= 11 is 1.77. The molecule has 4 heteroatoms. The number of hydrogen-bond acceptors (Lipinski definition) is 4. The highest BCUT2D eigenvalue weighted by molar-refractivity contribution is 7.99. The van der Waals surface area contributed by atoms with Gasteiger partial charge in [-0.05, 0) is 23.8 Å². The topological polar surface area (TPSA) is 39.2 Å². The Morgan fingerprint density at radius 3 is 3.06 bits per heavy atom. The maximum absolute atomic E-state index is 11.1. The third-order valence-electron chi connectivity index (χ3n) is 2.23. The molecule has 0 spiro atoms. The van der Waals surface area contributed by atoms with Crippen molar-refractivity contribution >= 4 is 17.7 Å². The predicted octanol–water partition coefficient (Wildman–Crippen LogP) is 2.17. The first-order chi connectivity index (χ1) is 7.74. The maximum atomic E-state index is 11.1. The number of aryl methyl sites for hydroxylation is 1. The van der Waals surface area contributed by atoms with Gasteiger partial charge < -0.3 is 4.74 Å². The molecule has 0 bridgehead atoms. The van der Waals surface area contributed by atoms with Crippen LogP contribution in [0.25, 0.3) is 0 Å². The Morgan fingerprint density at radius 2 is 2.44 bits per heavy atom. The summed E-state index contributed by atoms with van der Waals surface area (Å²) in [6.45, 7) is 1.89. The van der Waals surface area contributed by atoms with Crippen LogP contribution in [-0.2, 0) is 16.0 Å². The van der Waals surface area contributed by atoms with E-state index < -0.39 is 0 Å². The minimum Gasteiger partial charge on any atom is -0.469 e. The fourth-order valence-corrected chi connectivity index (χ4v) is 2.30. The van der Waals surface area contributed by atoms with E-state index in [2.05, 4.69) is 15.8 Å². The Labute approximate surface area is 101 Å². The highest BCUT2D eigenvalue weighted by Crippen LogP contribution is 2.11. The van der Waals surface area contributed by atoms with Crippen LogP contribution in [0.15, 0.2) is 24.5 Å². The number of rotatable bonds is 6. The van der Waals surface area contributed by atoms with E-state index in [0.717, 1.165) is 17.9 Å². The Bertz CT molecular complexity index is 316. The molecule has 16 heavy (non-hydrogen) atoms. The Balaban J connectivity index is 2.15. The van der Waals surface area contributed by atoms with E-state index in [0.29, 0.717) is 0 Å². The van der Waals surface area contributed by atoms with Crippen molar-refractivity contribution in [2.75, 3.05) is 18.6 Å². The number of carbonyl (C=O) groups is 1. The molecule has 0 saturated heterocycles. The molecule has 0 aliphatic rings. The van der Waals surface area contributed by atoms with Gasteiger partial charge in [-0.15, -0.1) is 0 Å². The Kier molecular flexibility index (Phi) is 5.93. The van der Waals surface area contributed by atoms with E-state index in [1.54, 1.807) is 18.0 Å². The van der Waals surface area contributed by atoms with Gasteiger partial charge in [0, 0.05) is 18.1 Å². The highest BCUT2D eigenvalue weighted by atomic mass is 32.2. The minimum absolute atomic E-state index is 0.0242. The van der Waals surface area contributed by atoms with Crippen molar-refractivity contribution < 1.29 is 9.53 Å². The normalized spacial score (nSPS) is 12.1. The number of esters is 1. The van der Waals surface area contributed by atoms with E-state index >= 15 is 0 Å². The van der Waals surface area contributed by atoms with Gasteiger partial charge in [-0.1, -0.05) is 13.0 Å². The molecular formula is C12H17NO2S. The fourth-order valence-electron chi connectivity index (χ4n) is 1.27. The molecule has 0 saturated carbocycles. The summed E-state index contributed by atoms with van der Waals surface area (Å²) in [4.78, 5) is 15.2. The standard InChI is InChI=1S/C12H17NO2S/c1-10(12(14)15-2)9-16-7-5-11-4-3-6-13-8-11/h3-4,6,8,10H,5,7,9H2,1-2H3. The monoisotopic (exact) mass is 239 g/mol. The minimum atomic E-state index is -0.131. The lowest BCUT2D eigenvalue weighted by molar-refractivity contribution is -0.143. The summed E-state index contributed by atoms with van der Waals surface area (Å²) in [6.07, 6.45) is 4.65. The van der Waals surface area contributed by atoms with E-state index in [-0.39, 0.29) is 11.9 Å². The third kappa shape index (κ3) is 4.66. The van der Waals surface area contributed by atoms with Gasteiger partial charge in [0.05, 0.1) is 13.0 Å². The summed E-state index contributed by atoms with van der Waals surface area (Å²) in [6, 6.07) is 4.01. The van der Waals surface area contributed by atoms with Gasteiger partial charge >= 0.3 is 5.97 Å². The largest absolute Gasteiger partial charge is 0.469 e. The number of nitrogens with zero attached hydrogens (tertiary/aromatic N) is 1. The summed E-state index contributed by atoms with van der Waals surface area (Å²) < 4.78 is 4.67. The smallest absolute Gasteiger partial charge is 0.309 e. The zero-order chi connectivity index (χ0) is 11.8. The molecule has 0 N–H and O–H groups in total. The molecule has 0 aliphatic heterocycles. The lowest BCUT2D eigenvalue weighted by Gasteiger charge is -2.08. The van der Waals surface area contributed by atoms with Gasteiger partial charge in [-0.2, -0.15) is 11.8 Å². The Hall–Kier alpha value is -1.03. The second-order valence-electron chi connectivity index (χ2n) is 3.61. The molecular weight excluding hydrogens is 222 g/mol. The van der Waals surface area contributed by atoms with Crippen molar-refractivity contribution in [1.82, 2.24) is 4.98 Å². The molecule has 0 aliphatic carbocycles. The van der Waals surface area contributed by atoms with Gasteiger partial charge in [0.1, 0.15) is 0 Å². The van der Waals surface area contributed by atoms with Crippen molar-refractivity contribution in [2.45, 2.75) is 13.3 Å². The molecule has 0 fully saturated rings. The number of hydrogen-bond donors (Lipinski definition) is 0. The van der Waals surface area contributed by atoms with Crippen LogP contribution in [0.5, 0.6) is 0 Å². The summed E-state index contributed by atoms with van der Waals surface area (Å²) in [5.74, 6) is 1.66. The van der Waals surface area contributed by atoms with Crippen molar-refractivity contribution in [3.05, 3.63) is 30.1 Å². The quantitative estimate of drug-likeness (QED) is 0.563. The average molecular weight is 239 g/mol. The Morgan fingerprint density at radius 1 is 1.62 bits per heavy atom. The molecule has 3 nitrogen and oxygen atoms in total. The molecule has 0 amide bonds.